The molecule has 0 amide bonds. The van der Waals surface area contributed by atoms with E-state index in [1.807, 2.05) is 69.2 Å². The Labute approximate surface area is 339 Å². The minimum atomic E-state index is -0.542. The van der Waals surface area contributed by atoms with Gasteiger partial charge in [-0.3, -0.25) is 9.97 Å². The van der Waals surface area contributed by atoms with Crippen LogP contribution in [0, 0.1) is 20.1 Å². The topological polar surface area (TPSA) is 104 Å². The Hall–Kier alpha value is -1.16. The molecule has 2 rings (SSSR count). The summed E-state index contributed by atoms with van der Waals surface area (Å²) in [5.41, 5.74) is 1.78. The van der Waals surface area contributed by atoms with Gasteiger partial charge in [0.15, 0.2) is 0 Å². The molecule has 0 N–H and O–H groups in total. The number of halogens is 1. The van der Waals surface area contributed by atoms with Gasteiger partial charge in [0.1, 0.15) is 4.60 Å². The molecule has 2 aromatic rings. The van der Waals surface area contributed by atoms with Crippen molar-refractivity contribution < 1.29 is 66.1 Å². The molecule has 2 heterocycles. The summed E-state index contributed by atoms with van der Waals surface area (Å²) in [6.07, 6.45) is 5.37. The molecule has 0 aliphatic heterocycles. The van der Waals surface area contributed by atoms with E-state index < -0.39 is 20.5 Å². The molecule has 0 aromatic carbocycles. The van der Waals surface area contributed by atoms with Gasteiger partial charge in [-0.1, -0.05) is 52.8 Å². The van der Waals surface area contributed by atoms with Gasteiger partial charge in [0, 0.05) is 42.9 Å². The van der Waals surface area contributed by atoms with E-state index in [2.05, 4.69) is 49.4 Å². The van der Waals surface area contributed by atoms with Crippen molar-refractivity contribution in [3.8, 4) is 0 Å². The zero-order chi connectivity index (χ0) is 36.9. The molecule has 2 aromatic heterocycles. The van der Waals surface area contributed by atoms with Crippen LogP contribution in [0.4, 0.5) is 11.4 Å². The molecule has 0 aliphatic carbocycles. The maximum atomic E-state index is 9.53. The smallest absolute Gasteiger partial charge is 0.852 e. The number of nitrogens with zero attached hydrogens (tertiary/aromatic N) is 4. The van der Waals surface area contributed by atoms with Gasteiger partial charge in [-0.05, 0) is 91.2 Å². The van der Waals surface area contributed by atoms with E-state index in [9.17, 15) is 5.11 Å². The molecule has 0 radical (unpaired) electrons. The second-order valence-electron chi connectivity index (χ2n) is 11.5. The molecular weight excluding hydrogens is 688 g/mol. The van der Waals surface area contributed by atoms with Gasteiger partial charge < -0.3 is 35.3 Å². The van der Waals surface area contributed by atoms with Crippen molar-refractivity contribution in [3.05, 3.63) is 71.0 Å². The van der Waals surface area contributed by atoms with E-state index >= 15 is 0 Å². The zero-order valence-corrected chi connectivity index (χ0v) is 34.4. The fourth-order valence-corrected chi connectivity index (χ4v) is 2.70. The van der Waals surface area contributed by atoms with Crippen molar-refractivity contribution in [2.45, 2.75) is 147 Å². The van der Waals surface area contributed by atoms with Crippen LogP contribution >= 0.6 is 15.9 Å². The number of pyridine rings is 2. The van der Waals surface area contributed by atoms with E-state index in [1.54, 1.807) is 38.1 Å². The number of rotatable bonds is 12. The monoisotopic (exact) mass is 748 g/mol. The van der Waals surface area contributed by atoms with Gasteiger partial charge in [0.25, 0.3) is 0 Å². The van der Waals surface area contributed by atoms with Crippen LogP contribution in [0.15, 0.2) is 41.3 Å². The standard InChI is InChI=1S/C12H17BN2O2.C9H21BO3.C6H3BrN2.C4H9.C3H7O.CH4.2Li/c1-9(2)16-13(17-10(3)4)12-7-6-11(14-5)8-15-12;1-7(2)11-10(12-8(3)4)13-9(5)6;1-8-5-2-3-6(7)9-4-5;1-3-4-2;1-3(2)4;;;/h6-10H,1-4H3;7-9H,1-6H3;2-4H;1,3-4H2,2H3;3H,1-2H3;1H4;;/q;;;2*-1;;2*+1. The molecule has 15 heteroatoms. The summed E-state index contributed by atoms with van der Waals surface area (Å²) in [6, 6.07) is 6.94. The largest absolute Gasteiger partial charge is 1.00 e. The Morgan fingerprint density at radius 1 is 0.700 bits per heavy atom. The molecule has 0 saturated carbocycles. The van der Waals surface area contributed by atoms with Gasteiger partial charge in [0.2, 0.25) is 11.4 Å². The molecule has 10 nitrogen and oxygen atoms in total. The predicted octanol–water partition coefficient (Wildman–Crippen LogP) is 2.84. The Bertz CT molecular complexity index is 1050. The number of hydrogen-bond acceptors (Lipinski definition) is 8. The van der Waals surface area contributed by atoms with Gasteiger partial charge in [-0.15, -0.1) is 6.10 Å². The van der Waals surface area contributed by atoms with E-state index in [-0.39, 0.29) is 75.7 Å². The van der Waals surface area contributed by atoms with Crippen LogP contribution < -0.4 is 48.4 Å². The SMILES string of the molecule is C.CC(C)OB(OC(C)C)OC(C)C.CC(C)[O-].[C-]#[N+]c1ccc(B(OC(C)C)OC(C)C)nc1.[C-]#[N+]c1ccc(Br)nc1.[CH2-]CCC.[Li+].[Li+]. The minimum Gasteiger partial charge on any atom is -0.852 e. The molecule has 0 saturated heterocycles. The van der Waals surface area contributed by atoms with E-state index in [4.69, 9.17) is 36.4 Å². The summed E-state index contributed by atoms with van der Waals surface area (Å²) in [5, 5.41) is 9.53. The molecule has 0 unspecified atom stereocenters. The van der Waals surface area contributed by atoms with Crippen molar-refractivity contribution in [1.29, 1.82) is 0 Å². The number of hydrogen-bond donors (Lipinski definition) is 0. The Balaban J connectivity index is -0.000000131. The third kappa shape index (κ3) is 43.0. The second kappa shape index (κ2) is 39.1. The van der Waals surface area contributed by atoms with Gasteiger partial charge in [-0.2, -0.15) is 6.42 Å². The van der Waals surface area contributed by atoms with Crippen LogP contribution in [-0.4, -0.2) is 61.0 Å². The molecule has 272 valence electrons. The van der Waals surface area contributed by atoms with Crippen molar-refractivity contribution in [3.63, 3.8) is 0 Å². The third-order valence-corrected chi connectivity index (χ3v) is 4.75. The number of aromatic nitrogens is 2. The molecule has 0 spiro atoms. The van der Waals surface area contributed by atoms with Crippen LogP contribution in [0.2, 0.25) is 0 Å². The van der Waals surface area contributed by atoms with Gasteiger partial charge in [-0.25, -0.2) is 9.69 Å². The van der Waals surface area contributed by atoms with Crippen LogP contribution in [0.5, 0.6) is 0 Å². The average molecular weight is 749 g/mol. The summed E-state index contributed by atoms with van der Waals surface area (Å²) in [7, 11) is -1.02. The first-order valence-corrected chi connectivity index (χ1v) is 16.8. The number of unbranched alkanes of at least 4 members (excludes halogenated alkanes) is 1. The van der Waals surface area contributed by atoms with E-state index in [0.29, 0.717) is 17.0 Å². The first-order valence-electron chi connectivity index (χ1n) is 16.0. The van der Waals surface area contributed by atoms with Gasteiger partial charge >= 0.3 is 52.2 Å². The first kappa shape index (κ1) is 60.9. The van der Waals surface area contributed by atoms with E-state index in [0.717, 1.165) is 11.0 Å². The Kier molecular flexibility index (Phi) is 47.6. The molecule has 50 heavy (non-hydrogen) atoms. The summed E-state index contributed by atoms with van der Waals surface area (Å²) in [5.74, 6) is 0. The normalized spacial score (nSPS) is 9.52. The quantitative estimate of drug-likeness (QED) is 0.186. The third-order valence-electron chi connectivity index (χ3n) is 4.28. The van der Waals surface area contributed by atoms with Gasteiger partial charge in [0.05, 0.1) is 18.7 Å². The molecular formula is C35H61B2BrLi2N4O6. The maximum absolute atomic E-state index is 9.53. The van der Waals surface area contributed by atoms with Crippen LogP contribution in [-0.2, 0) is 23.3 Å². The van der Waals surface area contributed by atoms with Crippen molar-refractivity contribution in [1.82, 2.24) is 9.97 Å². The molecule has 0 bridgehead atoms. The fourth-order valence-electron chi connectivity index (χ4n) is 2.47. The minimum absolute atomic E-state index is 0. The van der Waals surface area contributed by atoms with Crippen LogP contribution in [0.3, 0.4) is 0 Å². The Morgan fingerprint density at radius 3 is 1.24 bits per heavy atom. The van der Waals surface area contributed by atoms with Crippen LogP contribution in [0.1, 0.15) is 110 Å². The first-order chi connectivity index (χ1) is 21.9. The van der Waals surface area contributed by atoms with E-state index in [1.165, 1.54) is 18.8 Å². The molecule has 0 aliphatic rings. The van der Waals surface area contributed by atoms with Crippen molar-refractivity contribution in [2.24, 2.45) is 0 Å². The molecule has 0 fully saturated rings. The van der Waals surface area contributed by atoms with Crippen LogP contribution in [0.25, 0.3) is 9.69 Å². The maximum Gasteiger partial charge on any atom is 1.00 e. The molecule has 0 atom stereocenters. The van der Waals surface area contributed by atoms with Crippen molar-refractivity contribution >= 4 is 47.3 Å². The summed E-state index contributed by atoms with van der Waals surface area (Å²) in [6.45, 7) is 41.9. The summed E-state index contributed by atoms with van der Waals surface area (Å²) < 4.78 is 28.4. The Morgan fingerprint density at radius 2 is 1.02 bits per heavy atom. The summed E-state index contributed by atoms with van der Waals surface area (Å²) >= 11 is 3.16. The zero-order valence-electron chi connectivity index (χ0n) is 32.8. The average Bonchev–Trinajstić information content (AvgIpc) is 2.96. The van der Waals surface area contributed by atoms with Crippen molar-refractivity contribution in [2.75, 3.05) is 0 Å². The summed E-state index contributed by atoms with van der Waals surface area (Å²) in [4.78, 5) is 14.5. The fraction of sp³-hybridized carbons (Fsp3) is 0.629. The predicted molar refractivity (Wildman–Crippen MR) is 203 cm³/mol. The second-order valence-corrected chi connectivity index (χ2v) is 12.3.